The van der Waals surface area contributed by atoms with Crippen molar-refractivity contribution >= 4 is 71.4 Å². The number of nitrogens with zero attached hydrogens (tertiary/aromatic N) is 3. The minimum atomic E-state index is -4.22. The van der Waals surface area contributed by atoms with Crippen molar-refractivity contribution in [3.63, 3.8) is 0 Å². The second kappa shape index (κ2) is 20.3. The van der Waals surface area contributed by atoms with Crippen LogP contribution in [0.15, 0.2) is 132 Å². The first-order valence-electron chi connectivity index (χ1n) is 19.9. The first-order valence-corrected chi connectivity index (χ1v) is 22.8. The predicted octanol–water partition coefficient (Wildman–Crippen LogP) is 10.9. The summed E-state index contributed by atoms with van der Waals surface area (Å²) in [5.41, 5.74) is 0.297. The van der Waals surface area contributed by atoms with E-state index in [1.54, 1.807) is 129 Å². The fourth-order valence-corrected chi connectivity index (χ4v) is 7.83. The van der Waals surface area contributed by atoms with Gasteiger partial charge in [-0.2, -0.15) is 4.31 Å². The van der Waals surface area contributed by atoms with Crippen molar-refractivity contribution in [3.8, 4) is 0 Å². The van der Waals surface area contributed by atoms with Gasteiger partial charge in [-0.1, -0.05) is 83.9 Å². The zero-order valence-corrected chi connectivity index (χ0v) is 39.3. The van der Waals surface area contributed by atoms with Gasteiger partial charge < -0.3 is 18.9 Å². The van der Waals surface area contributed by atoms with Crippen molar-refractivity contribution in [2.24, 2.45) is 0 Å². The molecule has 0 aliphatic carbocycles. The molecular weight excluding hydrogens is 861 g/mol. The molecule has 0 aliphatic heterocycles. The van der Waals surface area contributed by atoms with E-state index in [9.17, 15) is 31.2 Å². The highest BCUT2D eigenvalue weighted by Crippen LogP contribution is 2.32. The van der Waals surface area contributed by atoms with Gasteiger partial charge >= 0.3 is 18.4 Å². The average molecular weight is 915 g/mol. The molecule has 15 nitrogen and oxygen atoms in total. The van der Waals surface area contributed by atoms with E-state index >= 15 is 0 Å². The number of rotatable bonds is 6. The van der Waals surface area contributed by atoms with E-state index in [0.29, 0.717) is 20.8 Å². The molecule has 0 aliphatic rings. The number of pyridine rings is 2. The van der Waals surface area contributed by atoms with E-state index in [1.807, 2.05) is 44.2 Å². The van der Waals surface area contributed by atoms with Crippen LogP contribution in [0.3, 0.4) is 0 Å². The largest absolute Gasteiger partial charge is 0.519 e. The zero-order valence-electron chi connectivity index (χ0n) is 37.7. The van der Waals surface area contributed by atoms with Gasteiger partial charge in [0.2, 0.25) is 0 Å². The lowest BCUT2D eigenvalue weighted by atomic mass is 10.1. The third kappa shape index (κ3) is 14.8. The number of anilines is 2. The highest BCUT2D eigenvalue weighted by molar-refractivity contribution is 7.93. The van der Waals surface area contributed by atoms with Crippen molar-refractivity contribution in [1.82, 2.24) is 9.97 Å². The summed E-state index contributed by atoms with van der Waals surface area (Å²) >= 11 is 0. The number of fused-ring (bicyclic) bond motifs is 2. The van der Waals surface area contributed by atoms with Crippen LogP contribution in [0, 0.1) is 13.8 Å². The third-order valence-electron chi connectivity index (χ3n) is 8.17. The number of sulfonamides is 2. The molecule has 2 heterocycles. The molecule has 0 bridgehead atoms. The summed E-state index contributed by atoms with van der Waals surface area (Å²) in [6.45, 7) is 18.8. The van der Waals surface area contributed by atoms with Crippen LogP contribution < -0.4 is 9.03 Å². The molecule has 0 radical (unpaired) electrons. The molecule has 1 amide bonds. The highest BCUT2D eigenvalue weighted by Gasteiger charge is 2.36. The van der Waals surface area contributed by atoms with Gasteiger partial charge in [0.25, 0.3) is 20.0 Å². The Morgan fingerprint density at radius 1 is 0.531 bits per heavy atom. The molecule has 0 fully saturated rings. The Morgan fingerprint density at radius 2 is 0.953 bits per heavy atom. The summed E-state index contributed by atoms with van der Waals surface area (Å²) in [7, 11) is -7.83. The topological polar surface area (TPSA) is 197 Å². The summed E-state index contributed by atoms with van der Waals surface area (Å²) in [4.78, 5) is 43.4. The van der Waals surface area contributed by atoms with Crippen molar-refractivity contribution in [2.75, 3.05) is 9.03 Å². The van der Waals surface area contributed by atoms with Crippen LogP contribution in [0.2, 0.25) is 0 Å². The highest BCUT2D eigenvalue weighted by atomic mass is 32.2. The van der Waals surface area contributed by atoms with Gasteiger partial charge in [0.05, 0.1) is 33.6 Å². The van der Waals surface area contributed by atoms with Crippen LogP contribution in [-0.2, 0) is 39.0 Å². The van der Waals surface area contributed by atoms with E-state index in [2.05, 4.69) is 19.4 Å². The summed E-state index contributed by atoms with van der Waals surface area (Å²) in [6.07, 6.45) is 3.11. The average Bonchev–Trinajstić information content (AvgIpc) is 3.17. The quantitative estimate of drug-likeness (QED) is 0.0941. The molecule has 0 saturated carbocycles. The van der Waals surface area contributed by atoms with Crippen LogP contribution in [-0.4, -0.2) is 62.0 Å². The fourth-order valence-electron chi connectivity index (χ4n) is 5.44. The number of aromatic nitrogens is 2. The lowest BCUT2D eigenvalue weighted by Gasteiger charge is -2.27. The number of aryl methyl sites for hydroxylation is 2. The van der Waals surface area contributed by atoms with Gasteiger partial charge in [0.15, 0.2) is 0 Å². The lowest BCUT2D eigenvalue weighted by molar-refractivity contribution is -0.0294. The second-order valence-corrected chi connectivity index (χ2v) is 20.8. The molecule has 1 N–H and O–H groups in total. The van der Waals surface area contributed by atoms with Gasteiger partial charge in [-0.25, -0.2) is 31.2 Å². The van der Waals surface area contributed by atoms with Crippen molar-refractivity contribution in [1.29, 1.82) is 0 Å². The Hall–Kier alpha value is -6.59. The summed E-state index contributed by atoms with van der Waals surface area (Å²) in [5, 5.41) is 3.01. The van der Waals surface area contributed by atoms with E-state index in [-0.39, 0.29) is 15.5 Å². The maximum Gasteiger partial charge on any atom is 0.519 e. The SMILES string of the molecule is CC(C)(C)OC(=O)OC(=O)OC(C)(C)C.Cc1ccc(S(=O)(=O)N(C(=O)OC(C)(C)C)c2cncc3ccccc23)cc1.Cc1ccc(S(=O)(=O)Nc2cncc3ccccc23)cc1. The minimum absolute atomic E-state index is 0.00288. The van der Waals surface area contributed by atoms with Gasteiger partial charge in [-0.3, -0.25) is 14.7 Å². The third-order valence-corrected chi connectivity index (χ3v) is 11.2. The van der Waals surface area contributed by atoms with Crippen molar-refractivity contribution < 1.29 is 50.2 Å². The first kappa shape index (κ1) is 50.1. The van der Waals surface area contributed by atoms with Crippen molar-refractivity contribution in [2.45, 2.75) is 103 Å². The van der Waals surface area contributed by atoms with Crippen LogP contribution in [0.4, 0.5) is 25.8 Å². The number of benzene rings is 4. The maximum absolute atomic E-state index is 13.4. The number of hydrogen-bond donors (Lipinski definition) is 1. The maximum atomic E-state index is 13.4. The van der Waals surface area contributed by atoms with Gasteiger partial charge in [0.1, 0.15) is 16.8 Å². The Bertz CT molecular complexity index is 2780. The first-order chi connectivity index (χ1) is 29.6. The smallest absolute Gasteiger partial charge is 0.443 e. The molecule has 64 heavy (non-hydrogen) atoms. The predicted molar refractivity (Wildman–Crippen MR) is 246 cm³/mol. The van der Waals surface area contributed by atoms with E-state index in [0.717, 1.165) is 21.9 Å². The fraction of sp³-hybridized carbons (Fsp3) is 0.298. The Balaban J connectivity index is 0.000000222. The van der Waals surface area contributed by atoms with E-state index in [1.165, 1.54) is 24.5 Å². The molecule has 0 saturated heterocycles. The van der Waals surface area contributed by atoms with Crippen molar-refractivity contribution in [3.05, 3.63) is 133 Å². The lowest BCUT2D eigenvalue weighted by Crippen LogP contribution is -2.41. The van der Waals surface area contributed by atoms with Gasteiger partial charge in [-0.05, 0) is 100 Å². The summed E-state index contributed by atoms with van der Waals surface area (Å²) in [6, 6.07) is 27.7. The molecule has 6 rings (SSSR count). The molecule has 0 atom stereocenters. The van der Waals surface area contributed by atoms with Crippen LogP contribution in [0.5, 0.6) is 0 Å². The molecule has 0 unspecified atom stereocenters. The number of carbonyl (C=O) groups excluding carboxylic acids is 3. The Morgan fingerprint density at radius 3 is 1.44 bits per heavy atom. The molecule has 2 aromatic heterocycles. The van der Waals surface area contributed by atoms with E-state index < -0.39 is 55.3 Å². The second-order valence-electron chi connectivity index (χ2n) is 17.3. The monoisotopic (exact) mass is 914 g/mol. The molecule has 4 aromatic carbocycles. The molecular formula is C47H54N4O11S2. The van der Waals surface area contributed by atoms with E-state index in [4.69, 9.17) is 14.2 Å². The normalized spacial score (nSPS) is 11.8. The minimum Gasteiger partial charge on any atom is -0.443 e. The number of nitrogens with one attached hydrogen (secondary N) is 1. The standard InChI is InChI=1S/C21H22N2O4S.C16H14N2O2S.C10H18O5/c1-15-9-11-17(12-10-15)28(25,26)23(20(24)27-21(2,3)4)19-14-22-13-16-7-5-6-8-18(16)19;1-12-6-8-14(9-7-12)21(19,20)18-16-11-17-10-13-4-2-3-5-15(13)16;1-9(2,3)14-7(11)13-8(12)15-10(4,5)6/h5-14H,1-4H3;2-11,18H,1H3;1-6H3. The summed E-state index contributed by atoms with van der Waals surface area (Å²) < 4.78 is 74.2. The van der Waals surface area contributed by atoms with Gasteiger partial charge in [-0.15, -0.1) is 0 Å². The number of carbonyl (C=O) groups is 3. The Kier molecular flexibility index (Phi) is 15.9. The number of amides is 1. The van der Waals surface area contributed by atoms with Crippen LogP contribution >= 0.6 is 0 Å². The summed E-state index contributed by atoms with van der Waals surface area (Å²) in [5.74, 6) is 0. The Labute approximate surface area is 374 Å². The zero-order chi connectivity index (χ0) is 47.7. The van der Waals surface area contributed by atoms with Crippen LogP contribution in [0.1, 0.15) is 73.4 Å². The van der Waals surface area contributed by atoms with Gasteiger partial charge in [0, 0.05) is 33.9 Å². The molecule has 340 valence electrons. The molecule has 17 heteroatoms. The van der Waals surface area contributed by atoms with Crippen LogP contribution in [0.25, 0.3) is 21.5 Å². The molecule has 0 spiro atoms. The number of hydrogen-bond acceptors (Lipinski definition) is 13. The number of ether oxygens (including phenoxy) is 4. The molecule has 6 aromatic rings.